The van der Waals surface area contributed by atoms with Gasteiger partial charge in [0.05, 0.1) is 6.61 Å². The van der Waals surface area contributed by atoms with Gasteiger partial charge in [-0.3, -0.25) is 0 Å². The van der Waals surface area contributed by atoms with Crippen molar-refractivity contribution < 1.29 is 14.3 Å². The summed E-state index contributed by atoms with van der Waals surface area (Å²) in [6.07, 6.45) is -0.670. The second-order valence-corrected chi connectivity index (χ2v) is 6.24. The van der Waals surface area contributed by atoms with Gasteiger partial charge in [-0.25, -0.2) is 4.79 Å². The lowest BCUT2D eigenvalue weighted by Crippen LogP contribution is -2.35. The van der Waals surface area contributed by atoms with Crippen LogP contribution in [0.5, 0.6) is 5.75 Å². The highest BCUT2D eigenvalue weighted by Crippen LogP contribution is 2.27. The Hall–Kier alpha value is -1.26. The van der Waals surface area contributed by atoms with E-state index in [1.54, 1.807) is 26.0 Å². The zero-order valence-corrected chi connectivity index (χ0v) is 14.1. The second kappa shape index (κ2) is 7.66. The summed E-state index contributed by atoms with van der Waals surface area (Å²) < 4.78 is 10.7. The minimum Gasteiger partial charge on any atom is -0.479 e. The Morgan fingerprint density at radius 1 is 1.38 bits per heavy atom. The molecule has 1 N–H and O–H groups in total. The Morgan fingerprint density at radius 3 is 2.62 bits per heavy atom. The van der Waals surface area contributed by atoms with Gasteiger partial charge in [0.25, 0.3) is 0 Å². The Bertz CT molecular complexity index is 483. The van der Waals surface area contributed by atoms with Crippen molar-refractivity contribution >= 4 is 17.6 Å². The van der Waals surface area contributed by atoms with E-state index in [0.29, 0.717) is 23.9 Å². The highest BCUT2D eigenvalue weighted by Gasteiger charge is 2.19. The van der Waals surface area contributed by atoms with Crippen molar-refractivity contribution in [3.05, 3.63) is 28.8 Å². The minimum atomic E-state index is -0.670. The van der Waals surface area contributed by atoms with Crippen LogP contribution in [0.25, 0.3) is 0 Å². The number of rotatable bonds is 6. The third-order valence-corrected chi connectivity index (χ3v) is 3.15. The lowest BCUT2D eigenvalue weighted by Gasteiger charge is -2.23. The quantitative estimate of drug-likeness (QED) is 0.816. The molecule has 1 atom stereocenters. The molecule has 1 rings (SSSR count). The predicted molar refractivity (Wildman–Crippen MR) is 84.8 cm³/mol. The monoisotopic (exact) mass is 313 g/mol. The van der Waals surface area contributed by atoms with Crippen molar-refractivity contribution in [1.82, 2.24) is 5.32 Å². The maximum atomic E-state index is 11.7. The molecule has 1 aromatic carbocycles. The lowest BCUT2D eigenvalue weighted by molar-refractivity contribution is -0.150. The first-order valence-corrected chi connectivity index (χ1v) is 7.48. The Labute approximate surface area is 131 Å². The first-order chi connectivity index (χ1) is 9.74. The topological polar surface area (TPSA) is 47.6 Å². The molecule has 0 amide bonds. The molecule has 0 bridgehead atoms. The van der Waals surface area contributed by atoms with Crippen molar-refractivity contribution in [2.75, 3.05) is 6.61 Å². The van der Waals surface area contributed by atoms with Crippen molar-refractivity contribution in [3.8, 4) is 5.75 Å². The van der Waals surface area contributed by atoms with Crippen LogP contribution >= 0.6 is 11.6 Å². The number of hydrogen-bond donors (Lipinski definition) is 1. The number of ether oxygens (including phenoxy) is 2. The van der Waals surface area contributed by atoms with E-state index in [2.05, 4.69) is 26.1 Å². The van der Waals surface area contributed by atoms with Crippen molar-refractivity contribution in [3.63, 3.8) is 0 Å². The Morgan fingerprint density at radius 2 is 2.05 bits per heavy atom. The number of halogens is 1. The standard InChI is InChI=1S/C16H24ClNO3/c1-6-20-15(19)11(2)21-14-9-7-8-13(17)12(14)10-18-16(3,4)5/h7-9,11,18H,6,10H2,1-5H3. The van der Waals surface area contributed by atoms with Gasteiger partial charge in [-0.1, -0.05) is 17.7 Å². The largest absolute Gasteiger partial charge is 0.479 e. The number of carbonyl (C=O) groups excluding carboxylic acids is 1. The second-order valence-electron chi connectivity index (χ2n) is 5.83. The summed E-state index contributed by atoms with van der Waals surface area (Å²) in [7, 11) is 0. The number of carbonyl (C=O) groups is 1. The molecular weight excluding hydrogens is 290 g/mol. The molecule has 4 nitrogen and oxygen atoms in total. The summed E-state index contributed by atoms with van der Waals surface area (Å²) in [6, 6.07) is 5.42. The van der Waals surface area contributed by atoms with Crippen LogP contribution < -0.4 is 10.1 Å². The predicted octanol–water partition coefficient (Wildman–Crippen LogP) is 3.56. The fourth-order valence-electron chi connectivity index (χ4n) is 1.67. The zero-order chi connectivity index (χ0) is 16.0. The molecule has 5 heteroatoms. The summed E-state index contributed by atoms with van der Waals surface area (Å²) in [6.45, 7) is 10.6. The molecule has 1 unspecified atom stereocenters. The molecule has 0 spiro atoms. The van der Waals surface area contributed by atoms with Gasteiger partial charge in [-0.15, -0.1) is 0 Å². The highest BCUT2D eigenvalue weighted by molar-refractivity contribution is 6.31. The van der Waals surface area contributed by atoms with Gasteiger partial charge in [0.2, 0.25) is 0 Å². The summed E-state index contributed by atoms with van der Waals surface area (Å²) in [5.41, 5.74) is 0.800. The molecule has 21 heavy (non-hydrogen) atoms. The zero-order valence-electron chi connectivity index (χ0n) is 13.3. The summed E-state index contributed by atoms with van der Waals surface area (Å²) in [4.78, 5) is 11.7. The smallest absolute Gasteiger partial charge is 0.347 e. The van der Waals surface area contributed by atoms with Gasteiger partial charge < -0.3 is 14.8 Å². The van der Waals surface area contributed by atoms with E-state index in [1.807, 2.05) is 6.07 Å². The van der Waals surface area contributed by atoms with Gasteiger partial charge in [-0.05, 0) is 46.8 Å². The van der Waals surface area contributed by atoms with E-state index in [1.165, 1.54) is 0 Å². The van der Waals surface area contributed by atoms with Crippen LogP contribution in [-0.2, 0) is 16.1 Å². The molecule has 1 aromatic rings. The van der Waals surface area contributed by atoms with E-state index in [-0.39, 0.29) is 11.5 Å². The van der Waals surface area contributed by atoms with E-state index in [4.69, 9.17) is 21.1 Å². The van der Waals surface area contributed by atoms with Crippen LogP contribution in [0.15, 0.2) is 18.2 Å². The molecule has 0 aliphatic carbocycles. The SMILES string of the molecule is CCOC(=O)C(C)Oc1cccc(Cl)c1CNC(C)(C)C. The Kier molecular flexibility index (Phi) is 6.49. The third-order valence-electron chi connectivity index (χ3n) is 2.79. The van der Waals surface area contributed by atoms with Crippen LogP contribution in [0.1, 0.15) is 40.2 Å². The highest BCUT2D eigenvalue weighted by atomic mass is 35.5. The van der Waals surface area contributed by atoms with Crippen LogP contribution in [0, 0.1) is 0 Å². The Balaban J connectivity index is 2.87. The first-order valence-electron chi connectivity index (χ1n) is 7.10. The van der Waals surface area contributed by atoms with E-state index >= 15 is 0 Å². The van der Waals surface area contributed by atoms with Gasteiger partial charge in [0, 0.05) is 22.7 Å². The number of nitrogens with one attached hydrogen (secondary N) is 1. The van der Waals surface area contributed by atoms with Crippen molar-refractivity contribution in [2.45, 2.75) is 52.8 Å². The molecule has 118 valence electrons. The van der Waals surface area contributed by atoms with Gasteiger partial charge in [-0.2, -0.15) is 0 Å². The molecule has 0 aliphatic rings. The molecule has 0 heterocycles. The number of hydrogen-bond acceptors (Lipinski definition) is 4. The summed E-state index contributed by atoms with van der Waals surface area (Å²) in [5.74, 6) is 0.215. The molecule has 0 saturated carbocycles. The third kappa shape index (κ3) is 5.94. The average molecular weight is 314 g/mol. The molecule has 0 radical (unpaired) electrons. The van der Waals surface area contributed by atoms with E-state index in [0.717, 1.165) is 5.56 Å². The molecule has 0 fully saturated rings. The molecule has 0 saturated heterocycles. The van der Waals surface area contributed by atoms with Gasteiger partial charge in [0.1, 0.15) is 5.75 Å². The lowest BCUT2D eigenvalue weighted by atomic mass is 10.1. The van der Waals surface area contributed by atoms with Crippen LogP contribution in [0.3, 0.4) is 0 Å². The number of benzene rings is 1. The maximum Gasteiger partial charge on any atom is 0.347 e. The molecule has 0 aromatic heterocycles. The fraction of sp³-hybridized carbons (Fsp3) is 0.562. The van der Waals surface area contributed by atoms with Crippen molar-refractivity contribution in [2.24, 2.45) is 0 Å². The van der Waals surface area contributed by atoms with Crippen molar-refractivity contribution in [1.29, 1.82) is 0 Å². The minimum absolute atomic E-state index is 0.0385. The van der Waals surface area contributed by atoms with E-state index < -0.39 is 6.10 Å². The summed E-state index contributed by atoms with van der Waals surface area (Å²) in [5, 5.41) is 3.98. The van der Waals surface area contributed by atoms with Crippen LogP contribution in [0.4, 0.5) is 0 Å². The van der Waals surface area contributed by atoms with Crippen LogP contribution in [-0.4, -0.2) is 24.2 Å². The van der Waals surface area contributed by atoms with Gasteiger partial charge >= 0.3 is 5.97 Å². The molecule has 0 aliphatic heterocycles. The first kappa shape index (κ1) is 17.8. The average Bonchev–Trinajstić information content (AvgIpc) is 2.37. The maximum absolute atomic E-state index is 11.7. The summed E-state index contributed by atoms with van der Waals surface area (Å²) >= 11 is 6.25. The molecular formula is C16H24ClNO3. The van der Waals surface area contributed by atoms with Gasteiger partial charge in [0.15, 0.2) is 6.10 Å². The van der Waals surface area contributed by atoms with E-state index in [9.17, 15) is 4.79 Å². The van der Waals surface area contributed by atoms with Crippen LogP contribution in [0.2, 0.25) is 5.02 Å². The number of esters is 1. The normalized spacial score (nSPS) is 12.9. The fourth-order valence-corrected chi connectivity index (χ4v) is 1.91.